The molecular formula is C39H65NO4. The molecule has 0 saturated carbocycles. The second-order valence-electron chi connectivity index (χ2n) is 11.4. The normalized spacial score (nSPS) is 13.2. The van der Waals surface area contributed by atoms with Crippen molar-refractivity contribution in [3.8, 4) is 0 Å². The first-order valence-corrected chi connectivity index (χ1v) is 17.6. The highest BCUT2D eigenvalue weighted by Crippen LogP contribution is 2.13. The molecule has 0 aliphatic carbocycles. The van der Waals surface area contributed by atoms with E-state index in [1.165, 1.54) is 4.90 Å². The first kappa shape index (κ1) is 41.5. The lowest BCUT2D eigenvalue weighted by molar-refractivity contribution is -0.147. The summed E-state index contributed by atoms with van der Waals surface area (Å²) in [6.45, 7) is 3.71. The van der Waals surface area contributed by atoms with Crippen molar-refractivity contribution < 1.29 is 19.8 Å². The van der Waals surface area contributed by atoms with Gasteiger partial charge in [0.15, 0.2) is 0 Å². The van der Waals surface area contributed by atoms with Crippen LogP contribution in [0.3, 0.4) is 0 Å². The maximum Gasteiger partial charge on any atom is 0.229 e. The monoisotopic (exact) mass is 611 g/mol. The summed E-state index contributed by atoms with van der Waals surface area (Å²) in [5.41, 5.74) is 0. The Hall–Kier alpha value is -2.50. The van der Waals surface area contributed by atoms with Crippen molar-refractivity contribution in [2.75, 3.05) is 13.2 Å². The van der Waals surface area contributed by atoms with Gasteiger partial charge in [0.05, 0.1) is 19.3 Å². The molecule has 5 nitrogen and oxygen atoms in total. The van der Waals surface area contributed by atoms with Gasteiger partial charge in [-0.25, -0.2) is 0 Å². The largest absolute Gasteiger partial charge is 0.394 e. The van der Waals surface area contributed by atoms with Gasteiger partial charge in [0.2, 0.25) is 11.8 Å². The Bertz CT molecular complexity index is 788. The third kappa shape index (κ3) is 28.3. The third-order valence-electron chi connectivity index (χ3n) is 7.29. The second-order valence-corrected chi connectivity index (χ2v) is 11.4. The third-order valence-corrected chi connectivity index (χ3v) is 7.29. The SMILES string of the molecule is CC/C=C\C/C=C\C/C=C\CCCCCCCC(=O)N(CC(O)CO)C(=O)CCCCCCC/C=C\C/C=C\C/C=C\CC. The van der Waals surface area contributed by atoms with Gasteiger partial charge in [-0.2, -0.15) is 0 Å². The summed E-state index contributed by atoms with van der Waals surface area (Å²) in [6, 6.07) is 0. The lowest BCUT2D eigenvalue weighted by Gasteiger charge is -2.23. The zero-order valence-electron chi connectivity index (χ0n) is 28.2. The van der Waals surface area contributed by atoms with Gasteiger partial charge in [0.25, 0.3) is 0 Å². The van der Waals surface area contributed by atoms with Gasteiger partial charge in [-0.3, -0.25) is 14.5 Å². The molecule has 2 amide bonds. The van der Waals surface area contributed by atoms with Crippen molar-refractivity contribution in [1.29, 1.82) is 0 Å². The van der Waals surface area contributed by atoms with Crippen LogP contribution in [0.15, 0.2) is 72.9 Å². The van der Waals surface area contributed by atoms with Gasteiger partial charge in [-0.15, -0.1) is 0 Å². The summed E-state index contributed by atoms with van der Waals surface area (Å²) in [4.78, 5) is 26.8. The summed E-state index contributed by atoms with van der Waals surface area (Å²) < 4.78 is 0. The standard InChI is InChI=1S/C39H65NO4/c1-3-5-7-9-11-13-15-17-19-21-23-25-27-29-31-33-38(43)40(35-37(42)36-41)39(44)34-32-30-28-26-24-22-20-18-16-14-12-10-8-6-4-2/h5-8,11-14,17-20,37,41-42H,3-4,9-10,15-16,21-36H2,1-2H3/b7-5-,8-6-,13-11-,14-12-,19-17-,20-18-. The van der Waals surface area contributed by atoms with Crippen LogP contribution in [-0.2, 0) is 9.59 Å². The summed E-state index contributed by atoms with van der Waals surface area (Å²) in [5.74, 6) is -0.467. The highest BCUT2D eigenvalue weighted by Gasteiger charge is 2.23. The number of unbranched alkanes of at least 4 members (excludes halogenated alkanes) is 10. The maximum atomic E-state index is 12.8. The number of carbonyl (C=O) groups is 2. The molecule has 0 aromatic heterocycles. The Kier molecular flexibility index (Phi) is 31.5. The van der Waals surface area contributed by atoms with E-state index in [0.717, 1.165) is 116 Å². The van der Waals surface area contributed by atoms with Crippen molar-refractivity contribution >= 4 is 11.8 Å². The number of carbonyl (C=O) groups excluding carboxylic acids is 2. The molecule has 0 heterocycles. The molecular weight excluding hydrogens is 546 g/mol. The molecule has 0 rings (SSSR count). The fourth-order valence-corrected chi connectivity index (χ4v) is 4.67. The molecule has 44 heavy (non-hydrogen) atoms. The Labute approximate surface area is 270 Å². The van der Waals surface area contributed by atoms with E-state index in [2.05, 4.69) is 86.8 Å². The fraction of sp³-hybridized carbons (Fsp3) is 0.641. The van der Waals surface area contributed by atoms with Crippen LogP contribution in [0.4, 0.5) is 0 Å². The Morgan fingerprint density at radius 1 is 0.523 bits per heavy atom. The molecule has 0 aliphatic rings. The summed E-state index contributed by atoms with van der Waals surface area (Å²) in [6.07, 6.45) is 44.5. The first-order chi connectivity index (χ1) is 21.6. The van der Waals surface area contributed by atoms with Crippen molar-refractivity contribution in [2.24, 2.45) is 0 Å². The highest BCUT2D eigenvalue weighted by molar-refractivity contribution is 5.95. The Balaban J connectivity index is 4.06. The molecule has 0 bridgehead atoms. The number of aliphatic hydroxyl groups excluding tert-OH is 2. The molecule has 0 aromatic rings. The van der Waals surface area contributed by atoms with Gasteiger partial charge >= 0.3 is 0 Å². The van der Waals surface area contributed by atoms with E-state index in [9.17, 15) is 19.8 Å². The van der Waals surface area contributed by atoms with Crippen LogP contribution in [0.2, 0.25) is 0 Å². The lowest BCUT2D eigenvalue weighted by Crippen LogP contribution is -2.42. The zero-order valence-corrected chi connectivity index (χ0v) is 28.2. The molecule has 1 atom stereocenters. The summed E-state index contributed by atoms with van der Waals surface area (Å²) >= 11 is 0. The average molecular weight is 612 g/mol. The molecule has 0 aromatic carbocycles. The maximum absolute atomic E-state index is 12.8. The quantitative estimate of drug-likeness (QED) is 0.0652. The van der Waals surface area contributed by atoms with Crippen LogP contribution in [0.25, 0.3) is 0 Å². The van der Waals surface area contributed by atoms with Crippen LogP contribution >= 0.6 is 0 Å². The van der Waals surface area contributed by atoms with Crippen LogP contribution in [0.5, 0.6) is 0 Å². The topological polar surface area (TPSA) is 77.8 Å². The first-order valence-electron chi connectivity index (χ1n) is 17.6. The minimum absolute atomic E-state index is 0.123. The van der Waals surface area contributed by atoms with Gasteiger partial charge in [0.1, 0.15) is 0 Å². The van der Waals surface area contributed by atoms with E-state index in [4.69, 9.17) is 0 Å². The number of allylic oxidation sites excluding steroid dienone is 12. The Morgan fingerprint density at radius 3 is 1.25 bits per heavy atom. The lowest BCUT2D eigenvalue weighted by atomic mass is 10.1. The summed E-state index contributed by atoms with van der Waals surface area (Å²) in [5, 5.41) is 19.2. The minimum Gasteiger partial charge on any atom is -0.394 e. The van der Waals surface area contributed by atoms with Gasteiger partial charge in [-0.1, -0.05) is 125 Å². The van der Waals surface area contributed by atoms with Crippen LogP contribution < -0.4 is 0 Å². The molecule has 2 N–H and O–H groups in total. The number of hydrogen-bond acceptors (Lipinski definition) is 4. The molecule has 0 aliphatic heterocycles. The average Bonchev–Trinajstić information content (AvgIpc) is 3.03. The number of rotatable bonds is 29. The Morgan fingerprint density at radius 2 is 0.864 bits per heavy atom. The second kappa shape index (κ2) is 33.4. The molecule has 5 heteroatoms. The van der Waals surface area contributed by atoms with E-state index in [1.54, 1.807) is 0 Å². The molecule has 250 valence electrons. The predicted molar refractivity (Wildman–Crippen MR) is 188 cm³/mol. The fourth-order valence-electron chi connectivity index (χ4n) is 4.67. The van der Waals surface area contributed by atoms with E-state index in [1.807, 2.05) is 0 Å². The zero-order chi connectivity index (χ0) is 32.4. The van der Waals surface area contributed by atoms with Crippen molar-refractivity contribution in [3.63, 3.8) is 0 Å². The van der Waals surface area contributed by atoms with Crippen molar-refractivity contribution in [3.05, 3.63) is 72.9 Å². The van der Waals surface area contributed by atoms with Gasteiger partial charge < -0.3 is 10.2 Å². The van der Waals surface area contributed by atoms with Crippen LogP contribution in [0, 0.1) is 0 Å². The van der Waals surface area contributed by atoms with Gasteiger partial charge in [0, 0.05) is 12.8 Å². The number of amides is 2. The van der Waals surface area contributed by atoms with E-state index < -0.39 is 12.7 Å². The van der Waals surface area contributed by atoms with Crippen LogP contribution in [-0.4, -0.2) is 46.2 Å². The van der Waals surface area contributed by atoms with Crippen molar-refractivity contribution in [1.82, 2.24) is 4.90 Å². The molecule has 0 spiro atoms. The van der Waals surface area contributed by atoms with Gasteiger partial charge in [-0.05, 0) is 77.0 Å². The summed E-state index contributed by atoms with van der Waals surface area (Å²) in [7, 11) is 0. The van der Waals surface area contributed by atoms with Crippen molar-refractivity contribution in [2.45, 2.75) is 148 Å². The molecule has 1 unspecified atom stereocenters. The molecule has 0 radical (unpaired) electrons. The van der Waals surface area contributed by atoms with E-state index >= 15 is 0 Å². The predicted octanol–water partition coefficient (Wildman–Crippen LogP) is 9.87. The smallest absolute Gasteiger partial charge is 0.229 e. The molecule has 0 saturated heterocycles. The number of aliphatic hydroxyl groups is 2. The minimum atomic E-state index is -1.09. The number of nitrogens with zero attached hydrogens (tertiary/aromatic N) is 1. The van der Waals surface area contributed by atoms with Crippen LogP contribution in [0.1, 0.15) is 142 Å². The molecule has 0 fully saturated rings. The number of hydrogen-bond donors (Lipinski definition) is 2. The number of imide groups is 1. The van der Waals surface area contributed by atoms with E-state index in [0.29, 0.717) is 12.8 Å². The highest BCUT2D eigenvalue weighted by atomic mass is 16.3. The van der Waals surface area contributed by atoms with E-state index in [-0.39, 0.29) is 18.4 Å².